The van der Waals surface area contributed by atoms with E-state index in [2.05, 4.69) is 0 Å². The van der Waals surface area contributed by atoms with E-state index in [1.807, 2.05) is 42.5 Å². The minimum absolute atomic E-state index is 0.0398. The van der Waals surface area contributed by atoms with Crippen LogP contribution in [0.15, 0.2) is 54.6 Å². The normalized spacial score (nSPS) is 13.8. The fourth-order valence-corrected chi connectivity index (χ4v) is 6.95. The molecule has 0 saturated heterocycles. The van der Waals surface area contributed by atoms with Gasteiger partial charge in [0.15, 0.2) is 0 Å². The summed E-state index contributed by atoms with van der Waals surface area (Å²) in [5.74, 6) is -1.02. The lowest BCUT2D eigenvalue weighted by Crippen LogP contribution is -2.40. The van der Waals surface area contributed by atoms with Crippen LogP contribution in [0.2, 0.25) is 5.02 Å². The topological polar surface area (TPSA) is 49.9 Å². The number of amides is 2. The molecule has 1 aliphatic rings. The lowest BCUT2D eigenvalue weighted by atomic mass is 9.93. The zero-order chi connectivity index (χ0) is 29.3. The van der Waals surface area contributed by atoms with E-state index < -0.39 is 11.6 Å². The molecule has 0 spiro atoms. The molecule has 0 atom stereocenters. The van der Waals surface area contributed by atoms with Crippen LogP contribution >= 0.6 is 22.9 Å². The van der Waals surface area contributed by atoms with Crippen LogP contribution in [0.25, 0.3) is 21.2 Å². The number of halogens is 3. The van der Waals surface area contributed by atoms with E-state index in [0.29, 0.717) is 5.75 Å². The van der Waals surface area contributed by atoms with Gasteiger partial charge in [-0.25, -0.2) is 8.78 Å². The van der Waals surface area contributed by atoms with Crippen LogP contribution in [-0.4, -0.2) is 36.9 Å². The predicted octanol–water partition coefficient (Wildman–Crippen LogP) is 8.47. The Bertz CT molecular complexity index is 1600. The number of nitrogens with zero attached hydrogens (tertiary/aromatic N) is 2. The molecule has 0 unspecified atom stereocenters. The average Bonchev–Trinajstić information content (AvgIpc) is 3.35. The van der Waals surface area contributed by atoms with Crippen LogP contribution in [-0.2, 0) is 11.3 Å². The van der Waals surface area contributed by atoms with Crippen LogP contribution in [0, 0.1) is 11.6 Å². The summed E-state index contributed by atoms with van der Waals surface area (Å²) in [4.78, 5) is 29.4. The van der Waals surface area contributed by atoms with E-state index in [-0.39, 0.29) is 44.4 Å². The van der Waals surface area contributed by atoms with Gasteiger partial charge < -0.3 is 14.5 Å². The Kier molecular flexibility index (Phi) is 8.61. The second-order valence-electron chi connectivity index (χ2n) is 10.4. The molecule has 1 heterocycles. The molecule has 4 aromatic rings. The van der Waals surface area contributed by atoms with E-state index in [1.54, 1.807) is 24.0 Å². The van der Waals surface area contributed by atoms with Crippen molar-refractivity contribution in [2.75, 3.05) is 19.1 Å². The Morgan fingerprint density at radius 2 is 1.63 bits per heavy atom. The quantitative estimate of drug-likeness (QED) is 0.215. The summed E-state index contributed by atoms with van der Waals surface area (Å²) in [6.07, 6.45) is 4.77. The number of hydrogen-bond acceptors (Lipinski definition) is 4. The van der Waals surface area contributed by atoms with Crippen molar-refractivity contribution in [3.8, 4) is 16.9 Å². The van der Waals surface area contributed by atoms with Crippen molar-refractivity contribution in [2.45, 2.75) is 51.6 Å². The second kappa shape index (κ2) is 12.2. The maximum absolute atomic E-state index is 14.6. The van der Waals surface area contributed by atoms with Crippen molar-refractivity contribution in [2.24, 2.45) is 0 Å². The Morgan fingerprint density at radius 3 is 2.27 bits per heavy atom. The fourth-order valence-electron chi connectivity index (χ4n) is 5.45. The molecule has 3 aromatic carbocycles. The van der Waals surface area contributed by atoms with Gasteiger partial charge in [-0.15, -0.1) is 11.3 Å². The third-order valence-corrected chi connectivity index (χ3v) is 9.51. The van der Waals surface area contributed by atoms with Gasteiger partial charge in [-0.2, -0.15) is 0 Å². The van der Waals surface area contributed by atoms with Gasteiger partial charge in [0, 0.05) is 37.8 Å². The van der Waals surface area contributed by atoms with Crippen molar-refractivity contribution in [1.29, 1.82) is 0 Å². The average molecular weight is 597 g/mol. The number of rotatable bonds is 7. The standard InChI is InChI=1S/C32H31ClF2N2O3S/c1-19(38)36(2)23-12-9-20(10-13-23)21-11-16-27(40-3)22(17-21)18-37(24-7-5-4-6-8-24)32(39)31-29(33)28-25(34)14-15-26(35)30(28)41-31/h9-17,24H,4-8,18H2,1-3H3. The number of benzene rings is 3. The summed E-state index contributed by atoms with van der Waals surface area (Å²) in [6.45, 7) is 1.77. The first-order valence-corrected chi connectivity index (χ1v) is 14.8. The van der Waals surface area contributed by atoms with Gasteiger partial charge >= 0.3 is 0 Å². The first-order chi connectivity index (χ1) is 19.7. The van der Waals surface area contributed by atoms with Crippen molar-refractivity contribution in [1.82, 2.24) is 4.90 Å². The third-order valence-electron chi connectivity index (χ3n) is 7.83. The minimum Gasteiger partial charge on any atom is -0.496 e. The largest absolute Gasteiger partial charge is 0.496 e. The van der Waals surface area contributed by atoms with Crippen LogP contribution in [0.3, 0.4) is 0 Å². The molecule has 0 radical (unpaired) electrons. The van der Waals surface area contributed by atoms with Gasteiger partial charge in [0.1, 0.15) is 22.3 Å². The van der Waals surface area contributed by atoms with Crippen LogP contribution in [0.1, 0.15) is 54.3 Å². The molecular formula is C32H31ClF2N2O3S. The number of fused-ring (bicyclic) bond motifs is 1. The van der Waals surface area contributed by atoms with Gasteiger partial charge in [-0.1, -0.05) is 49.1 Å². The highest BCUT2D eigenvalue weighted by atomic mass is 35.5. The van der Waals surface area contributed by atoms with Crippen molar-refractivity contribution < 1.29 is 23.1 Å². The van der Waals surface area contributed by atoms with Gasteiger partial charge in [0.05, 0.1) is 22.2 Å². The second-order valence-corrected chi connectivity index (χ2v) is 11.8. The van der Waals surface area contributed by atoms with Crippen LogP contribution < -0.4 is 9.64 Å². The number of thiophene rings is 1. The lowest BCUT2D eigenvalue weighted by Gasteiger charge is -2.34. The summed E-state index contributed by atoms with van der Waals surface area (Å²) in [5.41, 5.74) is 3.47. The molecule has 214 valence electrons. The molecule has 0 N–H and O–H groups in total. The number of anilines is 1. The Hall–Kier alpha value is -3.49. The maximum atomic E-state index is 14.6. The molecule has 9 heteroatoms. The Balaban J connectivity index is 1.52. The Morgan fingerprint density at radius 1 is 0.976 bits per heavy atom. The zero-order valence-corrected chi connectivity index (χ0v) is 24.7. The lowest BCUT2D eigenvalue weighted by molar-refractivity contribution is -0.116. The molecule has 1 aliphatic carbocycles. The molecule has 41 heavy (non-hydrogen) atoms. The highest BCUT2D eigenvalue weighted by molar-refractivity contribution is 7.21. The van der Waals surface area contributed by atoms with E-state index >= 15 is 0 Å². The Labute approximate surface area is 247 Å². The summed E-state index contributed by atoms with van der Waals surface area (Å²) in [5, 5.41) is -0.105. The van der Waals surface area contributed by atoms with Gasteiger partial charge in [-0.05, 0) is 60.4 Å². The van der Waals surface area contributed by atoms with E-state index in [0.717, 1.165) is 78.0 Å². The number of ether oxygens (including phenoxy) is 1. The minimum atomic E-state index is -0.652. The number of hydrogen-bond donors (Lipinski definition) is 0. The molecule has 0 aliphatic heterocycles. The van der Waals surface area contributed by atoms with Crippen LogP contribution in [0.4, 0.5) is 14.5 Å². The van der Waals surface area contributed by atoms with E-state index in [4.69, 9.17) is 16.3 Å². The molecule has 5 nitrogen and oxygen atoms in total. The molecule has 2 amide bonds. The van der Waals surface area contributed by atoms with Gasteiger partial charge in [0.2, 0.25) is 5.91 Å². The molecule has 0 bridgehead atoms. The third kappa shape index (κ3) is 5.81. The highest BCUT2D eigenvalue weighted by Crippen LogP contribution is 2.40. The first kappa shape index (κ1) is 29.0. The smallest absolute Gasteiger partial charge is 0.266 e. The van der Waals surface area contributed by atoms with Gasteiger partial charge in [-0.3, -0.25) is 9.59 Å². The molecule has 1 fully saturated rings. The van der Waals surface area contributed by atoms with Crippen molar-refractivity contribution in [3.05, 3.63) is 81.7 Å². The summed E-state index contributed by atoms with van der Waals surface area (Å²) < 4.78 is 34.9. The monoisotopic (exact) mass is 596 g/mol. The molecule has 1 saturated carbocycles. The van der Waals surface area contributed by atoms with Crippen molar-refractivity contribution >= 4 is 50.5 Å². The highest BCUT2D eigenvalue weighted by Gasteiger charge is 2.31. The van der Waals surface area contributed by atoms with E-state index in [9.17, 15) is 18.4 Å². The zero-order valence-electron chi connectivity index (χ0n) is 23.2. The number of carbonyl (C=O) groups is 2. The number of methoxy groups -OCH3 is 1. The maximum Gasteiger partial charge on any atom is 0.266 e. The molecular weight excluding hydrogens is 566 g/mol. The van der Waals surface area contributed by atoms with Crippen LogP contribution in [0.5, 0.6) is 5.75 Å². The van der Waals surface area contributed by atoms with E-state index in [1.165, 1.54) is 6.92 Å². The first-order valence-electron chi connectivity index (χ1n) is 13.6. The summed E-state index contributed by atoms with van der Waals surface area (Å²) >= 11 is 7.43. The van der Waals surface area contributed by atoms with Crippen molar-refractivity contribution in [3.63, 3.8) is 0 Å². The SMILES string of the molecule is COc1ccc(-c2ccc(N(C)C(C)=O)cc2)cc1CN(C(=O)c1sc2c(F)ccc(F)c2c1Cl)C1CCCCC1. The number of carbonyl (C=O) groups excluding carboxylic acids is 2. The fraction of sp³-hybridized carbons (Fsp3) is 0.312. The molecule has 5 rings (SSSR count). The summed E-state index contributed by atoms with van der Waals surface area (Å²) in [7, 11) is 3.32. The van der Waals surface area contributed by atoms with Gasteiger partial charge in [0.25, 0.3) is 5.91 Å². The summed E-state index contributed by atoms with van der Waals surface area (Å²) in [6, 6.07) is 15.5. The molecule has 1 aromatic heterocycles. The predicted molar refractivity (Wildman–Crippen MR) is 161 cm³/mol.